The molecule has 0 radical (unpaired) electrons. The molecule has 2 amide bonds. The molecule has 1 aromatic rings. The molecule has 17 nitrogen and oxygen atoms in total. The van der Waals surface area contributed by atoms with Crippen LogP contribution in [0.3, 0.4) is 0 Å². The number of carboxylic acids is 1. The number of methoxy groups -OCH3 is 1. The van der Waals surface area contributed by atoms with Gasteiger partial charge in [0, 0.05) is 42.1 Å². The predicted octanol–water partition coefficient (Wildman–Crippen LogP) is 4.23. The van der Waals surface area contributed by atoms with E-state index in [-0.39, 0.29) is 130 Å². The van der Waals surface area contributed by atoms with E-state index in [4.69, 9.17) is 28.4 Å². The summed E-state index contributed by atoms with van der Waals surface area (Å²) in [5, 5.41) is 50.4. The van der Waals surface area contributed by atoms with Gasteiger partial charge in [-0.15, -0.1) is 0 Å². The molecule has 370 valence electrons. The fraction of sp³-hybridized carbons (Fsp3) is 0.700. The molecule has 6 aliphatic rings. The summed E-state index contributed by atoms with van der Waals surface area (Å²) < 4.78 is 33.2. The van der Waals surface area contributed by atoms with Crippen molar-refractivity contribution < 1.29 is 72.8 Å². The number of ether oxygens (including phenoxy) is 6. The van der Waals surface area contributed by atoms with Crippen LogP contribution < -0.4 is 15.4 Å². The number of hydrogen-bond donors (Lipinski definition) is 6. The maximum Gasteiger partial charge on any atom is 0.342 e. The fourth-order valence-corrected chi connectivity index (χ4v) is 13.0. The monoisotopic (exact) mass is 938 g/mol. The van der Waals surface area contributed by atoms with E-state index in [1.54, 1.807) is 26.0 Å². The highest BCUT2D eigenvalue weighted by molar-refractivity contribution is 5.98. The van der Waals surface area contributed by atoms with E-state index >= 15 is 0 Å². The van der Waals surface area contributed by atoms with Gasteiger partial charge >= 0.3 is 17.9 Å². The molecule has 5 unspecified atom stereocenters. The number of aromatic hydroxyl groups is 1. The van der Waals surface area contributed by atoms with Crippen LogP contribution in [0.2, 0.25) is 0 Å². The summed E-state index contributed by atoms with van der Waals surface area (Å²) in [7, 11) is 1.47. The second-order valence-electron chi connectivity index (χ2n) is 20.1. The Bertz CT molecular complexity index is 2120. The minimum Gasteiger partial charge on any atom is -0.507 e. The highest BCUT2D eigenvalue weighted by atomic mass is 16.5. The maximum absolute atomic E-state index is 12.8. The number of carbonyl (C=O) groups excluding carboxylic acids is 4. The van der Waals surface area contributed by atoms with Gasteiger partial charge in [0.25, 0.3) is 0 Å². The van der Waals surface area contributed by atoms with Crippen molar-refractivity contribution in [2.45, 2.75) is 123 Å². The van der Waals surface area contributed by atoms with Crippen LogP contribution in [0.4, 0.5) is 0 Å². The summed E-state index contributed by atoms with van der Waals surface area (Å²) in [6, 6.07) is 0. The van der Waals surface area contributed by atoms with Crippen molar-refractivity contribution in [3.05, 3.63) is 45.6 Å². The number of carbonyl (C=O) groups is 5. The van der Waals surface area contributed by atoms with E-state index in [0.717, 1.165) is 44.1 Å². The lowest BCUT2D eigenvalue weighted by Crippen LogP contribution is -2.67. The summed E-state index contributed by atoms with van der Waals surface area (Å²) in [5.41, 5.74) is 1.46. The Labute approximate surface area is 392 Å². The number of rotatable bonds is 21. The van der Waals surface area contributed by atoms with Gasteiger partial charge in [-0.1, -0.05) is 25.5 Å². The molecular weight excluding hydrogens is 869 g/mol. The average molecular weight is 939 g/mol. The number of amides is 2. The first-order chi connectivity index (χ1) is 31.9. The molecular formula is C50H70N2O15. The number of nitrogens with one attached hydrogen (secondary N) is 2. The molecule has 17 heteroatoms. The topological polar surface area (TPSA) is 246 Å². The Balaban J connectivity index is 0.754. The highest BCUT2D eigenvalue weighted by Gasteiger charge is 2.70. The van der Waals surface area contributed by atoms with Gasteiger partial charge in [-0.25, -0.2) is 9.59 Å². The Morgan fingerprint density at radius 2 is 1.64 bits per heavy atom. The van der Waals surface area contributed by atoms with Gasteiger partial charge in [-0.05, 0) is 118 Å². The lowest BCUT2D eigenvalue weighted by Gasteiger charge is -2.65. The number of aliphatic hydroxyl groups excluding tert-OH is 1. The summed E-state index contributed by atoms with van der Waals surface area (Å²) in [6.07, 6.45) is 8.69. The number of phenols is 1. The molecule has 67 heavy (non-hydrogen) atoms. The van der Waals surface area contributed by atoms with Crippen LogP contribution in [0.1, 0.15) is 112 Å². The summed E-state index contributed by atoms with van der Waals surface area (Å²) in [4.78, 5) is 61.4. The molecule has 4 aliphatic carbocycles. The first-order valence-corrected chi connectivity index (χ1v) is 24.0. The van der Waals surface area contributed by atoms with Crippen LogP contribution in [0.5, 0.6) is 11.5 Å². The molecule has 0 bridgehead atoms. The molecule has 1 aromatic carbocycles. The lowest BCUT2D eigenvalue weighted by molar-refractivity contribution is -0.245. The van der Waals surface area contributed by atoms with E-state index in [1.807, 2.05) is 6.92 Å². The molecule has 2 heterocycles. The number of benzene rings is 1. The van der Waals surface area contributed by atoms with Gasteiger partial charge in [0.2, 0.25) is 11.8 Å². The molecule has 10 atom stereocenters. The third-order valence-electron chi connectivity index (χ3n) is 16.8. The molecule has 4 saturated carbocycles. The van der Waals surface area contributed by atoms with Crippen LogP contribution in [0, 0.1) is 47.3 Å². The van der Waals surface area contributed by atoms with Gasteiger partial charge in [0.15, 0.2) is 0 Å². The normalized spacial score (nSPS) is 31.4. The first kappa shape index (κ1) is 50.3. The zero-order valence-electron chi connectivity index (χ0n) is 39.6. The van der Waals surface area contributed by atoms with Crippen molar-refractivity contribution in [2.75, 3.05) is 59.8 Å². The van der Waals surface area contributed by atoms with Crippen molar-refractivity contribution in [1.82, 2.24) is 10.6 Å². The number of esters is 2. The van der Waals surface area contributed by atoms with Gasteiger partial charge in [-0.2, -0.15) is 0 Å². The predicted molar refractivity (Wildman–Crippen MR) is 241 cm³/mol. The lowest BCUT2D eigenvalue weighted by atomic mass is 9.42. The quantitative estimate of drug-likeness (QED) is 0.0574. The molecule has 6 N–H and O–H groups in total. The minimum absolute atomic E-state index is 0.0437. The third-order valence-corrected chi connectivity index (χ3v) is 16.8. The summed E-state index contributed by atoms with van der Waals surface area (Å²) in [6.45, 7) is 9.66. The molecule has 0 saturated heterocycles. The number of allylic oxidation sites excluding steroid dienone is 2. The molecule has 4 fully saturated rings. The number of aliphatic carboxylic acids is 1. The first-order valence-electron chi connectivity index (χ1n) is 24.0. The maximum atomic E-state index is 12.8. The Morgan fingerprint density at radius 3 is 2.31 bits per heavy atom. The van der Waals surface area contributed by atoms with E-state index < -0.39 is 35.0 Å². The van der Waals surface area contributed by atoms with Crippen LogP contribution in [-0.2, 0) is 55.9 Å². The zero-order chi connectivity index (χ0) is 48.3. The number of aliphatic hydroxyl groups is 2. The van der Waals surface area contributed by atoms with Gasteiger partial charge < -0.3 is 59.5 Å². The number of phenolic OH excluding ortho intramolecular Hbond substituents is 1. The second-order valence-corrected chi connectivity index (χ2v) is 20.1. The zero-order valence-corrected chi connectivity index (χ0v) is 39.6. The van der Waals surface area contributed by atoms with Gasteiger partial charge in [0.05, 0.1) is 57.8 Å². The summed E-state index contributed by atoms with van der Waals surface area (Å²) in [5.74, 6) is -2.49. The average Bonchev–Trinajstić information content (AvgIpc) is 3.98. The molecule has 7 rings (SSSR count). The van der Waals surface area contributed by atoms with E-state index in [9.17, 15) is 44.4 Å². The fourth-order valence-electron chi connectivity index (χ4n) is 13.0. The summed E-state index contributed by atoms with van der Waals surface area (Å²) >= 11 is 0. The Hall–Kier alpha value is -4.55. The largest absolute Gasteiger partial charge is 0.507 e. The van der Waals surface area contributed by atoms with Crippen molar-refractivity contribution in [3.63, 3.8) is 0 Å². The Morgan fingerprint density at radius 1 is 0.925 bits per heavy atom. The van der Waals surface area contributed by atoms with Crippen LogP contribution in [-0.4, -0.2) is 128 Å². The number of cyclic esters (lactones) is 2. The smallest absolute Gasteiger partial charge is 0.342 e. The van der Waals surface area contributed by atoms with E-state index in [2.05, 4.69) is 17.6 Å². The number of fused-ring (bicyclic) bond motifs is 6. The SMILES string of the molecule is COc1c(C)c2c(c(O)c1C/C=C(\C)C(CC(=O)O)CC(=O)NCCOCCOCCNC(=O)CO[C@H]1CC[C@@]3(C)C(CCC4C3C[C@@H](O)[C@]3(C)[C@@H](C5=CC(=O)OC5)CCC43O)C1)C(=O)OC2. The molecule has 2 aliphatic heterocycles. The minimum atomic E-state index is -1.06. The Kier molecular flexibility index (Phi) is 15.8. The molecule has 0 aromatic heterocycles. The van der Waals surface area contributed by atoms with Gasteiger partial charge in [0.1, 0.15) is 36.9 Å². The van der Waals surface area contributed by atoms with Crippen LogP contribution in [0.15, 0.2) is 23.3 Å². The van der Waals surface area contributed by atoms with Crippen molar-refractivity contribution in [3.8, 4) is 11.5 Å². The standard InChI is InChI=1S/C50H70N2O15/c1-28(6-8-34-45(59)44-35(26-67-47(44)60)29(2)46(34)62-5)30(21-42(56)57)20-40(54)51-14-16-63-18-19-64-17-15-52-41(55)27-65-33-10-12-48(3)32(23-33)7-9-37-38(48)24-39(53)49(4)36(11-13-50(37,49)61)31-22-43(58)66-25-31/h6,22,30,32-33,36-39,53,59,61H,7-21,23-27H2,1-5H3,(H,51,54)(H,52,55)(H,56,57)/b28-6+/t30?,32?,33-,36+,37?,38?,39+,48-,49-,50?/m0/s1. The number of carboxylic acid groups (broad SMARTS) is 1. The third kappa shape index (κ3) is 10.1. The van der Waals surface area contributed by atoms with Crippen LogP contribution in [0.25, 0.3) is 0 Å². The van der Waals surface area contributed by atoms with Crippen LogP contribution >= 0.6 is 0 Å². The van der Waals surface area contributed by atoms with E-state index in [1.165, 1.54) is 7.11 Å². The second kappa shape index (κ2) is 21.0. The van der Waals surface area contributed by atoms with Crippen molar-refractivity contribution >= 4 is 29.7 Å². The highest BCUT2D eigenvalue weighted by Crippen LogP contribution is 2.70. The number of hydrogen-bond acceptors (Lipinski definition) is 14. The van der Waals surface area contributed by atoms with Crippen molar-refractivity contribution in [2.24, 2.45) is 40.4 Å². The van der Waals surface area contributed by atoms with Gasteiger partial charge in [-0.3, -0.25) is 14.4 Å². The van der Waals surface area contributed by atoms with E-state index in [0.29, 0.717) is 53.3 Å². The van der Waals surface area contributed by atoms with Crippen molar-refractivity contribution in [1.29, 1.82) is 0 Å². The molecule has 0 spiro atoms.